The van der Waals surface area contributed by atoms with Crippen molar-refractivity contribution in [3.8, 4) is 0 Å². The molecule has 0 saturated carbocycles. The lowest BCUT2D eigenvalue weighted by Gasteiger charge is -2.11. The molecule has 0 atom stereocenters. The van der Waals surface area contributed by atoms with Crippen LogP contribution >= 0.6 is 0 Å². The highest BCUT2D eigenvalue weighted by atomic mass is 16.2. The van der Waals surface area contributed by atoms with E-state index in [2.05, 4.69) is 16.0 Å². The lowest BCUT2D eigenvalue weighted by Crippen LogP contribution is -2.34. The van der Waals surface area contributed by atoms with E-state index in [1.165, 1.54) is 0 Å². The van der Waals surface area contributed by atoms with Crippen molar-refractivity contribution in [2.24, 2.45) is 0 Å². The number of nitrogens with two attached hydrogens (primary N) is 1. The molecule has 6 nitrogen and oxygen atoms in total. The highest BCUT2D eigenvalue weighted by Gasteiger charge is 2.05. The van der Waals surface area contributed by atoms with Gasteiger partial charge >= 0.3 is 6.03 Å². The Morgan fingerprint density at radius 3 is 2.16 bits per heavy atom. The molecule has 2 aromatic rings. The van der Waals surface area contributed by atoms with E-state index >= 15 is 0 Å². The Morgan fingerprint density at radius 2 is 1.56 bits per heavy atom. The van der Waals surface area contributed by atoms with Crippen LogP contribution in [0.15, 0.2) is 48.5 Å². The average molecular weight is 340 g/mol. The maximum atomic E-state index is 12.0. The minimum atomic E-state index is -0.237. The van der Waals surface area contributed by atoms with Crippen LogP contribution in [0.4, 0.5) is 16.2 Å². The molecule has 0 radical (unpaired) electrons. The van der Waals surface area contributed by atoms with E-state index < -0.39 is 0 Å². The minimum Gasteiger partial charge on any atom is -0.399 e. The number of anilines is 2. The summed E-state index contributed by atoms with van der Waals surface area (Å²) in [4.78, 5) is 23.6. The molecule has 5 N–H and O–H groups in total. The summed E-state index contributed by atoms with van der Waals surface area (Å²) in [6.45, 7) is 4.23. The summed E-state index contributed by atoms with van der Waals surface area (Å²) in [5.41, 5.74) is 8.89. The summed E-state index contributed by atoms with van der Waals surface area (Å²) in [6.07, 6.45) is 0.315. The van der Waals surface area contributed by atoms with Crippen molar-refractivity contribution < 1.29 is 9.59 Å². The maximum Gasteiger partial charge on any atom is 0.319 e. The van der Waals surface area contributed by atoms with Gasteiger partial charge in [0.2, 0.25) is 5.91 Å². The summed E-state index contributed by atoms with van der Waals surface area (Å²) < 4.78 is 0. The molecule has 0 heterocycles. The van der Waals surface area contributed by atoms with Crippen molar-refractivity contribution in [3.05, 3.63) is 59.7 Å². The first-order valence-electron chi connectivity index (χ1n) is 8.20. The molecule has 0 aromatic heterocycles. The number of carbonyl (C=O) groups excluding carboxylic acids is 2. The average Bonchev–Trinajstić information content (AvgIpc) is 2.55. The SMILES string of the molecule is CC(C)NC(=O)Nc1ccc(CNC(=O)Cc2ccc(N)cc2)cc1. The fourth-order valence-corrected chi connectivity index (χ4v) is 2.22. The second-order valence-corrected chi connectivity index (χ2v) is 6.15. The number of nitrogens with one attached hydrogen (secondary N) is 3. The summed E-state index contributed by atoms with van der Waals surface area (Å²) in [7, 11) is 0. The van der Waals surface area contributed by atoms with E-state index in [9.17, 15) is 9.59 Å². The van der Waals surface area contributed by atoms with Crippen molar-refractivity contribution in [1.82, 2.24) is 10.6 Å². The zero-order valence-corrected chi connectivity index (χ0v) is 14.5. The van der Waals surface area contributed by atoms with E-state index in [0.29, 0.717) is 24.3 Å². The summed E-state index contributed by atoms with van der Waals surface area (Å²) >= 11 is 0. The molecule has 0 aliphatic heterocycles. The van der Waals surface area contributed by atoms with Crippen molar-refractivity contribution in [2.75, 3.05) is 11.1 Å². The van der Waals surface area contributed by atoms with Crippen LogP contribution in [-0.2, 0) is 17.8 Å². The van der Waals surface area contributed by atoms with Gasteiger partial charge in [0.05, 0.1) is 6.42 Å². The third-order valence-corrected chi connectivity index (χ3v) is 3.47. The Balaban J connectivity index is 1.79. The third-order valence-electron chi connectivity index (χ3n) is 3.47. The van der Waals surface area contributed by atoms with Crippen LogP contribution in [0.25, 0.3) is 0 Å². The van der Waals surface area contributed by atoms with Crippen LogP contribution in [0.5, 0.6) is 0 Å². The van der Waals surface area contributed by atoms with Gasteiger partial charge in [-0.25, -0.2) is 4.79 Å². The number of amides is 3. The topological polar surface area (TPSA) is 96.2 Å². The van der Waals surface area contributed by atoms with Crippen molar-refractivity contribution in [1.29, 1.82) is 0 Å². The normalized spacial score (nSPS) is 10.4. The second-order valence-electron chi connectivity index (χ2n) is 6.15. The predicted molar refractivity (Wildman–Crippen MR) is 100 cm³/mol. The zero-order chi connectivity index (χ0) is 18.2. The van der Waals surface area contributed by atoms with Crippen LogP contribution in [0.2, 0.25) is 0 Å². The standard InChI is InChI=1S/C19H24N4O2/c1-13(2)22-19(25)23-17-9-5-15(6-10-17)12-21-18(24)11-14-3-7-16(20)8-4-14/h3-10,13H,11-12,20H2,1-2H3,(H,21,24)(H2,22,23,25). The number of carbonyl (C=O) groups is 2. The smallest absolute Gasteiger partial charge is 0.319 e. The highest BCUT2D eigenvalue weighted by Crippen LogP contribution is 2.10. The largest absolute Gasteiger partial charge is 0.399 e. The van der Waals surface area contributed by atoms with Gasteiger partial charge in [-0.05, 0) is 49.2 Å². The molecule has 0 aliphatic carbocycles. The summed E-state index contributed by atoms with van der Waals surface area (Å²) in [5, 5.41) is 8.39. The van der Waals surface area contributed by atoms with Gasteiger partial charge in [-0.15, -0.1) is 0 Å². The molecule has 25 heavy (non-hydrogen) atoms. The summed E-state index contributed by atoms with van der Waals surface area (Å²) in [6, 6.07) is 14.4. The Kier molecular flexibility index (Phi) is 6.39. The molecule has 0 spiro atoms. The number of rotatable bonds is 6. The van der Waals surface area contributed by atoms with Crippen LogP contribution in [-0.4, -0.2) is 18.0 Å². The number of nitrogen functional groups attached to an aromatic ring is 1. The fraction of sp³-hybridized carbons (Fsp3) is 0.263. The predicted octanol–water partition coefficient (Wildman–Crippen LogP) is 2.66. The number of hydrogen-bond acceptors (Lipinski definition) is 3. The number of urea groups is 1. The number of hydrogen-bond donors (Lipinski definition) is 4. The van der Waals surface area contributed by atoms with Gasteiger partial charge in [0, 0.05) is 24.0 Å². The van der Waals surface area contributed by atoms with Crippen LogP contribution < -0.4 is 21.7 Å². The first-order chi connectivity index (χ1) is 11.9. The lowest BCUT2D eigenvalue weighted by atomic mass is 10.1. The minimum absolute atomic E-state index is 0.0525. The number of benzene rings is 2. The molecular weight excluding hydrogens is 316 g/mol. The molecule has 3 amide bonds. The first kappa shape index (κ1) is 18.3. The molecule has 0 fully saturated rings. The third kappa shape index (κ3) is 6.55. The van der Waals surface area contributed by atoms with Gasteiger partial charge in [-0.3, -0.25) is 4.79 Å². The van der Waals surface area contributed by atoms with E-state index in [4.69, 9.17) is 5.73 Å². The highest BCUT2D eigenvalue weighted by molar-refractivity contribution is 5.89. The Hall–Kier alpha value is -3.02. The van der Waals surface area contributed by atoms with Crippen LogP contribution in [0.1, 0.15) is 25.0 Å². The van der Waals surface area contributed by atoms with Crippen molar-refractivity contribution in [3.63, 3.8) is 0 Å². The monoisotopic (exact) mass is 340 g/mol. The zero-order valence-electron chi connectivity index (χ0n) is 14.5. The van der Waals surface area contributed by atoms with E-state index in [1.807, 2.05) is 38.1 Å². The Bertz CT molecular complexity index is 709. The maximum absolute atomic E-state index is 12.0. The van der Waals surface area contributed by atoms with Gasteiger partial charge in [-0.1, -0.05) is 24.3 Å². The molecule has 0 bridgehead atoms. The molecular formula is C19H24N4O2. The van der Waals surface area contributed by atoms with Gasteiger partial charge in [0.15, 0.2) is 0 Å². The van der Waals surface area contributed by atoms with Crippen molar-refractivity contribution in [2.45, 2.75) is 32.9 Å². The molecule has 0 unspecified atom stereocenters. The van der Waals surface area contributed by atoms with E-state index in [1.54, 1.807) is 24.3 Å². The van der Waals surface area contributed by atoms with E-state index in [-0.39, 0.29) is 18.0 Å². The lowest BCUT2D eigenvalue weighted by molar-refractivity contribution is -0.120. The van der Waals surface area contributed by atoms with E-state index in [0.717, 1.165) is 11.1 Å². The van der Waals surface area contributed by atoms with Crippen LogP contribution in [0, 0.1) is 0 Å². The molecule has 132 valence electrons. The summed E-state index contributed by atoms with van der Waals surface area (Å²) in [5.74, 6) is -0.0525. The van der Waals surface area contributed by atoms with Gasteiger partial charge < -0.3 is 21.7 Å². The van der Waals surface area contributed by atoms with Crippen LogP contribution in [0.3, 0.4) is 0 Å². The van der Waals surface area contributed by atoms with Crippen molar-refractivity contribution >= 4 is 23.3 Å². The Morgan fingerprint density at radius 1 is 0.960 bits per heavy atom. The molecule has 2 aromatic carbocycles. The van der Waals surface area contributed by atoms with Gasteiger partial charge in [0.25, 0.3) is 0 Å². The molecule has 2 rings (SSSR count). The Labute approximate surface area is 147 Å². The molecule has 0 aliphatic rings. The second kappa shape index (κ2) is 8.73. The quantitative estimate of drug-likeness (QED) is 0.609. The fourth-order valence-electron chi connectivity index (χ4n) is 2.22. The molecule has 6 heteroatoms. The van der Waals surface area contributed by atoms with Gasteiger partial charge in [0.1, 0.15) is 0 Å². The molecule has 0 saturated heterocycles. The van der Waals surface area contributed by atoms with Gasteiger partial charge in [-0.2, -0.15) is 0 Å². The first-order valence-corrected chi connectivity index (χ1v) is 8.20.